The summed E-state index contributed by atoms with van der Waals surface area (Å²) in [6.07, 6.45) is 3.70. The van der Waals surface area contributed by atoms with Crippen LogP contribution in [0.15, 0.2) is 71.1 Å². The second kappa shape index (κ2) is 13.1. The lowest BCUT2D eigenvalue weighted by atomic mass is 10.1. The highest BCUT2D eigenvalue weighted by Crippen LogP contribution is 2.32. The first-order valence-corrected chi connectivity index (χ1v) is 13.1. The molecule has 0 N–H and O–H groups in total. The highest BCUT2D eigenvalue weighted by Gasteiger charge is 2.30. The van der Waals surface area contributed by atoms with Gasteiger partial charge < -0.3 is 13.9 Å². The van der Waals surface area contributed by atoms with Crippen molar-refractivity contribution in [1.82, 2.24) is 10.2 Å². The quantitative estimate of drug-likeness (QED) is 0.134. The molecule has 0 bridgehead atoms. The molecule has 1 aromatic heterocycles. The number of ether oxygens (including phenoxy) is 2. The van der Waals surface area contributed by atoms with Gasteiger partial charge in [0, 0.05) is 11.1 Å². The van der Waals surface area contributed by atoms with Gasteiger partial charge in [-0.1, -0.05) is 57.0 Å². The van der Waals surface area contributed by atoms with E-state index in [0.29, 0.717) is 24.3 Å². The fourth-order valence-electron chi connectivity index (χ4n) is 3.70. The first kappa shape index (κ1) is 28.0. The van der Waals surface area contributed by atoms with Crippen LogP contribution in [-0.4, -0.2) is 23.4 Å². The van der Waals surface area contributed by atoms with E-state index in [-0.39, 0.29) is 11.8 Å². The molecule has 0 aliphatic heterocycles. The van der Waals surface area contributed by atoms with Crippen molar-refractivity contribution in [2.45, 2.75) is 45.7 Å². The van der Waals surface area contributed by atoms with Crippen LogP contribution < -0.4 is 9.47 Å². The predicted octanol–water partition coefficient (Wildman–Crippen LogP) is 8.95. The van der Waals surface area contributed by atoms with Crippen LogP contribution in [0, 0.1) is 0 Å². The first-order chi connectivity index (χ1) is 18.9. The molecular formula is C31H31F3N2O3. The molecule has 39 heavy (non-hydrogen) atoms. The zero-order valence-corrected chi connectivity index (χ0v) is 22.0. The Hall–Kier alpha value is -4.07. The first-order valence-electron chi connectivity index (χ1n) is 13.1. The normalized spacial score (nSPS) is 11.7. The lowest BCUT2D eigenvalue weighted by Gasteiger charge is -2.13. The van der Waals surface area contributed by atoms with Gasteiger partial charge in [0.25, 0.3) is 0 Å². The summed E-state index contributed by atoms with van der Waals surface area (Å²) in [7, 11) is 0. The summed E-state index contributed by atoms with van der Waals surface area (Å²) in [5.74, 6) is 1.95. The fourth-order valence-corrected chi connectivity index (χ4v) is 3.70. The number of hydrogen-bond acceptors (Lipinski definition) is 5. The van der Waals surface area contributed by atoms with Gasteiger partial charge in [-0.2, -0.15) is 13.2 Å². The van der Waals surface area contributed by atoms with Gasteiger partial charge in [-0.15, -0.1) is 10.2 Å². The third kappa shape index (κ3) is 7.72. The van der Waals surface area contributed by atoms with Gasteiger partial charge in [0.05, 0.1) is 18.8 Å². The van der Waals surface area contributed by atoms with Crippen molar-refractivity contribution < 1.29 is 27.1 Å². The number of rotatable bonds is 12. The lowest BCUT2D eigenvalue weighted by Crippen LogP contribution is -2.03. The number of nitrogens with zero attached hydrogens (tertiary/aromatic N) is 2. The topological polar surface area (TPSA) is 57.4 Å². The molecule has 1 heterocycles. The van der Waals surface area contributed by atoms with Crippen LogP contribution in [-0.2, 0) is 6.18 Å². The van der Waals surface area contributed by atoms with E-state index in [1.807, 2.05) is 54.6 Å². The van der Waals surface area contributed by atoms with Crippen molar-refractivity contribution in [3.05, 3.63) is 83.4 Å². The van der Waals surface area contributed by atoms with E-state index in [4.69, 9.17) is 13.9 Å². The Balaban J connectivity index is 1.44. The Kier molecular flexibility index (Phi) is 9.41. The van der Waals surface area contributed by atoms with E-state index < -0.39 is 11.7 Å². The summed E-state index contributed by atoms with van der Waals surface area (Å²) in [5.41, 5.74) is 2.36. The molecule has 0 aliphatic carbocycles. The van der Waals surface area contributed by atoms with Gasteiger partial charge in [0.15, 0.2) is 11.5 Å². The maximum atomic E-state index is 12.8. The number of aromatic nitrogens is 2. The number of alkyl halides is 3. The van der Waals surface area contributed by atoms with E-state index in [1.165, 1.54) is 12.1 Å². The molecule has 0 fully saturated rings. The largest absolute Gasteiger partial charge is 0.490 e. The summed E-state index contributed by atoms with van der Waals surface area (Å²) in [6.45, 7) is 5.56. The minimum Gasteiger partial charge on any atom is -0.490 e. The number of hydrogen-bond donors (Lipinski definition) is 0. The Bertz CT molecular complexity index is 1360. The molecule has 0 aliphatic rings. The molecule has 0 amide bonds. The van der Waals surface area contributed by atoms with Crippen molar-refractivity contribution in [3.8, 4) is 34.4 Å². The van der Waals surface area contributed by atoms with Crippen LogP contribution >= 0.6 is 0 Å². The van der Waals surface area contributed by atoms with Crippen LogP contribution in [0.3, 0.4) is 0 Å². The van der Waals surface area contributed by atoms with E-state index in [9.17, 15) is 13.2 Å². The second-order valence-corrected chi connectivity index (χ2v) is 9.05. The third-order valence-electron chi connectivity index (χ3n) is 5.99. The molecule has 204 valence electrons. The molecule has 0 saturated heterocycles. The minimum absolute atomic E-state index is 0.154. The fraction of sp³-hybridized carbons (Fsp3) is 0.290. The van der Waals surface area contributed by atoms with Gasteiger partial charge in [0.1, 0.15) is 0 Å². The second-order valence-electron chi connectivity index (χ2n) is 9.05. The Labute approximate surface area is 226 Å². The van der Waals surface area contributed by atoms with Crippen molar-refractivity contribution >= 4 is 12.2 Å². The Morgan fingerprint density at radius 1 is 0.692 bits per heavy atom. The lowest BCUT2D eigenvalue weighted by molar-refractivity contribution is -0.137. The number of unbranched alkanes of at least 4 members (excludes halogenated alkanes) is 2. The Morgan fingerprint density at radius 3 is 1.77 bits per heavy atom. The van der Waals surface area contributed by atoms with E-state index in [1.54, 1.807) is 0 Å². The number of benzene rings is 3. The molecule has 0 atom stereocenters. The van der Waals surface area contributed by atoms with Gasteiger partial charge in [-0.05, 0) is 72.5 Å². The smallest absolute Gasteiger partial charge is 0.416 e. The summed E-state index contributed by atoms with van der Waals surface area (Å²) in [5, 5.41) is 8.03. The molecule has 4 aromatic rings. The monoisotopic (exact) mass is 536 g/mol. The van der Waals surface area contributed by atoms with E-state index >= 15 is 0 Å². The van der Waals surface area contributed by atoms with Crippen molar-refractivity contribution in [3.63, 3.8) is 0 Å². The van der Waals surface area contributed by atoms with Crippen molar-refractivity contribution in [2.75, 3.05) is 13.2 Å². The molecule has 4 rings (SSSR count). The highest BCUT2D eigenvalue weighted by molar-refractivity contribution is 5.72. The van der Waals surface area contributed by atoms with Crippen molar-refractivity contribution in [2.24, 2.45) is 0 Å². The molecule has 5 nitrogen and oxygen atoms in total. The van der Waals surface area contributed by atoms with Crippen molar-refractivity contribution in [1.29, 1.82) is 0 Å². The van der Waals surface area contributed by atoms with E-state index in [2.05, 4.69) is 24.0 Å². The van der Waals surface area contributed by atoms with Crippen LogP contribution in [0.2, 0.25) is 0 Å². The zero-order chi connectivity index (χ0) is 27.7. The highest BCUT2D eigenvalue weighted by atomic mass is 19.4. The zero-order valence-electron chi connectivity index (χ0n) is 22.0. The van der Waals surface area contributed by atoms with Gasteiger partial charge in [-0.3, -0.25) is 0 Å². The molecule has 8 heteroatoms. The summed E-state index contributed by atoms with van der Waals surface area (Å²) in [4.78, 5) is 0. The number of halogens is 3. The van der Waals surface area contributed by atoms with Crippen LogP contribution in [0.4, 0.5) is 13.2 Å². The molecular weight excluding hydrogens is 505 g/mol. The standard InChI is InChI=1S/C31H31F3N2O3/c1-3-5-19-37-27-18-11-23(21-28(27)38-20-6-4-2)8-7-22-9-12-24(13-10-22)29-35-36-30(39-29)25-14-16-26(17-15-25)31(32,33)34/h7-18,21H,3-6,19-20H2,1-2H3/b8-7+. The SMILES string of the molecule is CCCCOc1ccc(/C=C/c2ccc(-c3nnc(-c4ccc(C(F)(F)F)cc4)o3)cc2)cc1OCCCC. The van der Waals surface area contributed by atoms with Crippen LogP contribution in [0.25, 0.3) is 35.1 Å². The average Bonchev–Trinajstić information content (AvgIpc) is 3.43. The minimum atomic E-state index is -4.40. The molecule has 3 aromatic carbocycles. The van der Waals surface area contributed by atoms with E-state index in [0.717, 1.165) is 60.4 Å². The van der Waals surface area contributed by atoms with Gasteiger partial charge >= 0.3 is 6.18 Å². The maximum Gasteiger partial charge on any atom is 0.416 e. The molecule has 0 spiro atoms. The third-order valence-corrected chi connectivity index (χ3v) is 5.99. The summed E-state index contributed by atoms with van der Waals surface area (Å²) >= 11 is 0. The van der Waals surface area contributed by atoms with Gasteiger partial charge in [0.2, 0.25) is 11.8 Å². The van der Waals surface area contributed by atoms with Crippen LogP contribution in [0.1, 0.15) is 56.2 Å². The molecule has 0 radical (unpaired) electrons. The predicted molar refractivity (Wildman–Crippen MR) is 146 cm³/mol. The van der Waals surface area contributed by atoms with Crippen LogP contribution in [0.5, 0.6) is 11.5 Å². The molecule has 0 unspecified atom stereocenters. The average molecular weight is 537 g/mol. The summed E-state index contributed by atoms with van der Waals surface area (Å²) < 4.78 is 56.0. The molecule has 0 saturated carbocycles. The van der Waals surface area contributed by atoms with Gasteiger partial charge in [-0.25, -0.2) is 0 Å². The summed E-state index contributed by atoms with van der Waals surface area (Å²) in [6, 6.07) is 18.1. The Morgan fingerprint density at radius 2 is 1.21 bits per heavy atom. The maximum absolute atomic E-state index is 12.8.